The molecule has 0 saturated carbocycles. The molecule has 2 aromatic rings. The lowest BCUT2D eigenvalue weighted by Crippen LogP contribution is -2.24. The second-order valence-corrected chi connectivity index (χ2v) is 6.50. The van der Waals surface area contributed by atoms with E-state index in [-0.39, 0.29) is 0 Å². The molecule has 0 bridgehead atoms. The summed E-state index contributed by atoms with van der Waals surface area (Å²) in [5.41, 5.74) is 2.05. The number of anilines is 2. The van der Waals surface area contributed by atoms with Gasteiger partial charge in [0.05, 0.1) is 16.3 Å². The third kappa shape index (κ3) is 2.92. The summed E-state index contributed by atoms with van der Waals surface area (Å²) in [6.45, 7) is 10.4. The molecule has 22 heavy (non-hydrogen) atoms. The first kappa shape index (κ1) is 15.2. The second kappa shape index (κ2) is 6.60. The van der Waals surface area contributed by atoms with Crippen molar-refractivity contribution in [2.75, 3.05) is 36.0 Å². The van der Waals surface area contributed by atoms with E-state index in [9.17, 15) is 0 Å². The van der Waals surface area contributed by atoms with Crippen LogP contribution in [0.3, 0.4) is 0 Å². The van der Waals surface area contributed by atoms with Crippen LogP contribution in [0.1, 0.15) is 32.4 Å². The van der Waals surface area contributed by atoms with E-state index >= 15 is 0 Å². The van der Waals surface area contributed by atoms with E-state index in [2.05, 4.69) is 35.6 Å². The molecule has 3 heterocycles. The van der Waals surface area contributed by atoms with Crippen molar-refractivity contribution in [1.82, 2.24) is 15.0 Å². The molecule has 0 aliphatic carbocycles. The Morgan fingerprint density at radius 1 is 1.18 bits per heavy atom. The number of rotatable bonds is 5. The molecular weight excluding hydrogens is 294 g/mol. The third-order valence-electron chi connectivity index (χ3n) is 4.08. The Labute approximate surface area is 136 Å². The minimum absolute atomic E-state index is 0.804. The van der Waals surface area contributed by atoms with Gasteiger partial charge in [0.1, 0.15) is 0 Å². The van der Waals surface area contributed by atoms with Crippen molar-refractivity contribution in [2.24, 2.45) is 0 Å². The molecule has 0 unspecified atom stereocenters. The molecule has 6 heteroatoms. The molecule has 0 atom stereocenters. The molecular formula is C16H23N5S. The van der Waals surface area contributed by atoms with E-state index in [1.165, 1.54) is 12.8 Å². The molecule has 118 valence electrons. The van der Waals surface area contributed by atoms with Gasteiger partial charge in [0.2, 0.25) is 5.95 Å². The van der Waals surface area contributed by atoms with Gasteiger partial charge in [-0.1, -0.05) is 11.3 Å². The molecule has 0 amide bonds. The minimum Gasteiger partial charge on any atom is -0.348 e. The Balaban J connectivity index is 1.92. The van der Waals surface area contributed by atoms with Crippen LogP contribution in [-0.2, 0) is 0 Å². The number of aryl methyl sites for hydroxylation is 1. The van der Waals surface area contributed by atoms with Gasteiger partial charge in [-0.2, -0.15) is 0 Å². The largest absolute Gasteiger partial charge is 0.348 e. The van der Waals surface area contributed by atoms with Crippen molar-refractivity contribution < 1.29 is 0 Å². The lowest BCUT2D eigenvalue weighted by atomic mass is 10.3. The maximum absolute atomic E-state index is 4.75. The van der Waals surface area contributed by atoms with Gasteiger partial charge in [-0.25, -0.2) is 15.0 Å². The van der Waals surface area contributed by atoms with Crippen LogP contribution in [0.25, 0.3) is 10.6 Å². The quantitative estimate of drug-likeness (QED) is 0.846. The summed E-state index contributed by atoms with van der Waals surface area (Å²) >= 11 is 1.75. The Kier molecular flexibility index (Phi) is 4.57. The number of hydrogen-bond acceptors (Lipinski definition) is 6. The normalized spacial score (nSPS) is 14.6. The standard InChI is InChI=1S/C16H23N5S/c1-4-20(5-2)15-17-9-8-13(19-15)14-12(3)18-16(22-14)21-10-6-7-11-21/h8-9H,4-7,10-11H2,1-3H3. The summed E-state index contributed by atoms with van der Waals surface area (Å²) in [4.78, 5) is 19.6. The van der Waals surface area contributed by atoms with Crippen LogP contribution in [-0.4, -0.2) is 41.1 Å². The van der Waals surface area contributed by atoms with Crippen molar-refractivity contribution in [3.05, 3.63) is 18.0 Å². The molecule has 1 aliphatic rings. The van der Waals surface area contributed by atoms with Crippen molar-refractivity contribution in [3.63, 3.8) is 0 Å². The van der Waals surface area contributed by atoms with Crippen LogP contribution in [0.15, 0.2) is 12.3 Å². The Morgan fingerprint density at radius 2 is 1.91 bits per heavy atom. The average molecular weight is 317 g/mol. The predicted octanol–water partition coefficient (Wildman–Crippen LogP) is 3.35. The summed E-state index contributed by atoms with van der Waals surface area (Å²) in [7, 11) is 0. The Morgan fingerprint density at radius 3 is 2.59 bits per heavy atom. The zero-order valence-electron chi connectivity index (χ0n) is 13.5. The number of nitrogens with zero attached hydrogens (tertiary/aromatic N) is 5. The van der Waals surface area contributed by atoms with Crippen LogP contribution < -0.4 is 9.80 Å². The smallest absolute Gasteiger partial charge is 0.225 e. The average Bonchev–Trinajstić information content (AvgIpc) is 3.18. The molecule has 1 aliphatic heterocycles. The van der Waals surface area contributed by atoms with Gasteiger partial charge in [0.15, 0.2) is 5.13 Å². The third-order valence-corrected chi connectivity index (χ3v) is 5.32. The molecule has 2 aromatic heterocycles. The topological polar surface area (TPSA) is 45.2 Å². The predicted molar refractivity (Wildman–Crippen MR) is 92.9 cm³/mol. The van der Waals surface area contributed by atoms with Crippen molar-refractivity contribution in [1.29, 1.82) is 0 Å². The highest BCUT2D eigenvalue weighted by molar-refractivity contribution is 7.19. The van der Waals surface area contributed by atoms with Crippen molar-refractivity contribution in [3.8, 4) is 10.6 Å². The SMILES string of the molecule is CCN(CC)c1nccc(-c2sc(N3CCCC3)nc2C)n1. The van der Waals surface area contributed by atoms with Crippen LogP contribution in [0.2, 0.25) is 0 Å². The van der Waals surface area contributed by atoms with E-state index in [1.807, 2.05) is 12.3 Å². The van der Waals surface area contributed by atoms with Gasteiger partial charge in [-0.15, -0.1) is 0 Å². The first-order valence-corrected chi connectivity index (χ1v) is 8.85. The van der Waals surface area contributed by atoms with Gasteiger partial charge in [-0.3, -0.25) is 0 Å². The maximum atomic E-state index is 4.75. The lowest BCUT2D eigenvalue weighted by Gasteiger charge is -2.18. The van der Waals surface area contributed by atoms with Gasteiger partial charge in [-0.05, 0) is 39.7 Å². The summed E-state index contributed by atoms with van der Waals surface area (Å²) in [5.74, 6) is 0.804. The Bertz CT molecular complexity index is 629. The van der Waals surface area contributed by atoms with Gasteiger partial charge in [0, 0.05) is 32.4 Å². The zero-order chi connectivity index (χ0) is 15.5. The highest BCUT2D eigenvalue weighted by Gasteiger charge is 2.19. The monoisotopic (exact) mass is 317 g/mol. The summed E-state index contributed by atoms with van der Waals surface area (Å²) in [5, 5.41) is 1.13. The van der Waals surface area contributed by atoms with Gasteiger partial charge < -0.3 is 9.80 Å². The van der Waals surface area contributed by atoms with Crippen LogP contribution in [0.5, 0.6) is 0 Å². The minimum atomic E-state index is 0.804. The van der Waals surface area contributed by atoms with Gasteiger partial charge in [0.25, 0.3) is 0 Å². The number of thiazole rings is 1. The molecule has 0 radical (unpaired) electrons. The van der Waals surface area contributed by atoms with Crippen molar-refractivity contribution in [2.45, 2.75) is 33.6 Å². The van der Waals surface area contributed by atoms with Crippen LogP contribution in [0.4, 0.5) is 11.1 Å². The highest BCUT2D eigenvalue weighted by Crippen LogP contribution is 2.35. The molecule has 0 aromatic carbocycles. The maximum Gasteiger partial charge on any atom is 0.225 e. The number of aromatic nitrogens is 3. The fourth-order valence-electron chi connectivity index (χ4n) is 2.80. The summed E-state index contributed by atoms with van der Waals surface area (Å²) in [6, 6.07) is 1.99. The van der Waals surface area contributed by atoms with E-state index in [1.54, 1.807) is 11.3 Å². The fourth-order valence-corrected chi connectivity index (χ4v) is 3.89. The second-order valence-electron chi connectivity index (χ2n) is 5.52. The summed E-state index contributed by atoms with van der Waals surface area (Å²) < 4.78 is 0. The van der Waals surface area contributed by atoms with Crippen LogP contribution in [0, 0.1) is 6.92 Å². The van der Waals surface area contributed by atoms with Crippen LogP contribution >= 0.6 is 11.3 Å². The number of hydrogen-bond donors (Lipinski definition) is 0. The highest BCUT2D eigenvalue weighted by atomic mass is 32.1. The molecule has 0 N–H and O–H groups in total. The molecule has 1 saturated heterocycles. The first-order chi connectivity index (χ1) is 10.7. The lowest BCUT2D eigenvalue weighted by molar-refractivity contribution is 0.822. The Hall–Kier alpha value is -1.69. The molecule has 0 spiro atoms. The fraction of sp³-hybridized carbons (Fsp3) is 0.562. The van der Waals surface area contributed by atoms with E-state index in [0.29, 0.717) is 0 Å². The molecule has 3 rings (SSSR count). The van der Waals surface area contributed by atoms with E-state index in [0.717, 1.165) is 53.5 Å². The molecule has 5 nitrogen and oxygen atoms in total. The summed E-state index contributed by atoms with van der Waals surface area (Å²) in [6.07, 6.45) is 4.39. The van der Waals surface area contributed by atoms with Crippen molar-refractivity contribution >= 4 is 22.4 Å². The van der Waals surface area contributed by atoms with E-state index < -0.39 is 0 Å². The van der Waals surface area contributed by atoms with E-state index in [4.69, 9.17) is 9.97 Å². The zero-order valence-corrected chi connectivity index (χ0v) is 14.4. The molecule has 1 fully saturated rings. The first-order valence-electron chi connectivity index (χ1n) is 8.03. The van der Waals surface area contributed by atoms with Gasteiger partial charge >= 0.3 is 0 Å².